The van der Waals surface area contributed by atoms with Gasteiger partial charge in [-0.05, 0) is 61.9 Å². The summed E-state index contributed by atoms with van der Waals surface area (Å²) in [6, 6.07) is 20.5. The van der Waals surface area contributed by atoms with E-state index in [4.69, 9.17) is 11.6 Å². The first-order valence-corrected chi connectivity index (χ1v) is 8.96. The average Bonchev–Trinajstić information content (AvgIpc) is 2.90. The predicted octanol–water partition coefficient (Wildman–Crippen LogP) is 4.95. The van der Waals surface area contributed by atoms with Gasteiger partial charge in [0.1, 0.15) is 0 Å². The summed E-state index contributed by atoms with van der Waals surface area (Å²) in [4.78, 5) is 0. The van der Waals surface area contributed by atoms with Crippen LogP contribution in [0.5, 0.6) is 0 Å². The number of hydrogen-bond donors (Lipinski definition) is 2. The Balaban J connectivity index is 1.56. The first kappa shape index (κ1) is 17.6. The van der Waals surface area contributed by atoms with E-state index in [9.17, 15) is 0 Å². The molecule has 3 aromatic rings. The number of hydrogen-bond acceptors (Lipinski definition) is 2. The lowest BCUT2D eigenvalue weighted by Gasteiger charge is -2.11. The van der Waals surface area contributed by atoms with Crippen molar-refractivity contribution in [2.24, 2.45) is 0 Å². The van der Waals surface area contributed by atoms with Gasteiger partial charge in [0.25, 0.3) is 0 Å². The number of aromatic nitrogens is 1. The largest absolute Gasteiger partial charge is 0.384 e. The van der Waals surface area contributed by atoms with Crippen molar-refractivity contribution in [3.05, 3.63) is 82.6 Å². The topological polar surface area (TPSA) is 29.0 Å². The van der Waals surface area contributed by atoms with Crippen LogP contribution >= 0.6 is 11.6 Å². The van der Waals surface area contributed by atoms with Crippen LogP contribution in [0.4, 0.5) is 5.69 Å². The Kier molecular flexibility index (Phi) is 5.79. The van der Waals surface area contributed by atoms with Crippen molar-refractivity contribution in [1.82, 2.24) is 9.88 Å². The molecule has 25 heavy (non-hydrogen) atoms. The lowest BCUT2D eigenvalue weighted by atomic mass is 10.2. The molecule has 0 saturated heterocycles. The number of halogens is 1. The van der Waals surface area contributed by atoms with E-state index in [1.165, 1.54) is 17.0 Å². The van der Waals surface area contributed by atoms with E-state index in [0.29, 0.717) is 0 Å². The number of nitrogens with one attached hydrogen (secondary N) is 2. The summed E-state index contributed by atoms with van der Waals surface area (Å²) in [6.07, 6.45) is 0. The minimum Gasteiger partial charge on any atom is -0.384 e. The second-order valence-electron chi connectivity index (χ2n) is 6.18. The fraction of sp³-hybridized carbons (Fsp3) is 0.238. The zero-order chi connectivity index (χ0) is 17.6. The highest BCUT2D eigenvalue weighted by molar-refractivity contribution is 6.30. The van der Waals surface area contributed by atoms with Gasteiger partial charge in [-0.3, -0.25) is 0 Å². The molecule has 3 rings (SSSR count). The normalized spacial score (nSPS) is 10.8. The molecule has 1 heterocycles. The molecule has 1 aromatic heterocycles. The van der Waals surface area contributed by atoms with Gasteiger partial charge in [0.15, 0.2) is 0 Å². The molecule has 0 radical (unpaired) electrons. The number of nitrogens with zero attached hydrogens (tertiary/aromatic N) is 1. The Morgan fingerprint density at radius 3 is 2.36 bits per heavy atom. The summed E-state index contributed by atoms with van der Waals surface area (Å²) in [6.45, 7) is 6.99. The van der Waals surface area contributed by atoms with Gasteiger partial charge in [-0.1, -0.05) is 29.8 Å². The molecule has 0 atom stereocenters. The lowest BCUT2D eigenvalue weighted by molar-refractivity contribution is 0.703. The first-order chi connectivity index (χ1) is 12.1. The third-order valence-corrected chi connectivity index (χ3v) is 4.59. The van der Waals surface area contributed by atoms with Crippen LogP contribution in [-0.2, 0) is 6.54 Å². The molecule has 0 spiro atoms. The van der Waals surface area contributed by atoms with E-state index >= 15 is 0 Å². The number of anilines is 1. The van der Waals surface area contributed by atoms with Gasteiger partial charge in [-0.15, -0.1) is 0 Å². The Labute approximate surface area is 154 Å². The molecule has 2 N–H and O–H groups in total. The van der Waals surface area contributed by atoms with Crippen molar-refractivity contribution in [1.29, 1.82) is 0 Å². The molecule has 0 fully saturated rings. The summed E-state index contributed by atoms with van der Waals surface area (Å²) < 4.78 is 2.27. The maximum atomic E-state index is 6.00. The minimum absolute atomic E-state index is 0.763. The van der Waals surface area contributed by atoms with Crippen LogP contribution in [0.25, 0.3) is 5.69 Å². The number of benzene rings is 2. The van der Waals surface area contributed by atoms with Crippen LogP contribution in [-0.4, -0.2) is 17.7 Å². The van der Waals surface area contributed by atoms with Crippen molar-refractivity contribution >= 4 is 17.3 Å². The van der Waals surface area contributed by atoms with Crippen molar-refractivity contribution in [2.75, 3.05) is 18.4 Å². The van der Waals surface area contributed by atoms with Crippen LogP contribution < -0.4 is 10.6 Å². The van der Waals surface area contributed by atoms with Crippen molar-refractivity contribution < 1.29 is 0 Å². The van der Waals surface area contributed by atoms with Gasteiger partial charge in [-0.2, -0.15) is 0 Å². The smallest absolute Gasteiger partial charge is 0.0456 e. The summed E-state index contributed by atoms with van der Waals surface area (Å²) in [5, 5.41) is 7.69. The van der Waals surface area contributed by atoms with Crippen LogP contribution in [0, 0.1) is 13.8 Å². The fourth-order valence-corrected chi connectivity index (χ4v) is 3.20. The number of rotatable bonds is 7. The van der Waals surface area contributed by atoms with Crippen molar-refractivity contribution in [2.45, 2.75) is 20.4 Å². The fourth-order valence-electron chi connectivity index (χ4n) is 3.07. The Bertz CT molecular complexity index is 807. The summed E-state index contributed by atoms with van der Waals surface area (Å²) in [7, 11) is 0. The van der Waals surface area contributed by atoms with Crippen molar-refractivity contribution in [3.63, 3.8) is 0 Å². The first-order valence-electron chi connectivity index (χ1n) is 8.58. The van der Waals surface area contributed by atoms with E-state index in [1.807, 2.05) is 30.3 Å². The molecule has 130 valence electrons. The van der Waals surface area contributed by atoms with Gasteiger partial charge in [-0.25, -0.2) is 0 Å². The third kappa shape index (κ3) is 4.44. The molecule has 0 saturated carbocycles. The van der Waals surface area contributed by atoms with E-state index in [0.717, 1.165) is 36.0 Å². The van der Waals surface area contributed by atoms with Gasteiger partial charge < -0.3 is 15.2 Å². The Morgan fingerprint density at radius 2 is 1.64 bits per heavy atom. The molecular formula is C21H24ClN3. The molecule has 0 amide bonds. The SMILES string of the molecule is Cc1cc(CNCCNc2ccccc2)c(C)n1-c1ccc(Cl)cc1. The van der Waals surface area contributed by atoms with Crippen LogP contribution in [0.1, 0.15) is 17.0 Å². The highest BCUT2D eigenvalue weighted by Gasteiger charge is 2.10. The Morgan fingerprint density at radius 1 is 0.920 bits per heavy atom. The van der Waals surface area contributed by atoms with E-state index in [-0.39, 0.29) is 0 Å². The van der Waals surface area contributed by atoms with Crippen LogP contribution in [0.2, 0.25) is 5.02 Å². The zero-order valence-corrected chi connectivity index (χ0v) is 15.5. The molecule has 3 nitrogen and oxygen atoms in total. The molecule has 0 bridgehead atoms. The van der Waals surface area contributed by atoms with E-state index < -0.39 is 0 Å². The highest BCUT2D eigenvalue weighted by Crippen LogP contribution is 2.22. The second kappa shape index (κ2) is 8.24. The molecule has 0 aliphatic heterocycles. The molecule has 4 heteroatoms. The summed E-state index contributed by atoms with van der Waals surface area (Å²) in [5.41, 5.74) is 6.14. The van der Waals surface area contributed by atoms with E-state index in [1.54, 1.807) is 0 Å². The molecule has 0 aliphatic rings. The number of aryl methyl sites for hydroxylation is 1. The monoisotopic (exact) mass is 353 g/mol. The summed E-state index contributed by atoms with van der Waals surface area (Å²) in [5.74, 6) is 0. The molecule has 2 aromatic carbocycles. The summed E-state index contributed by atoms with van der Waals surface area (Å²) >= 11 is 6.00. The minimum atomic E-state index is 0.763. The highest BCUT2D eigenvalue weighted by atomic mass is 35.5. The van der Waals surface area contributed by atoms with Crippen molar-refractivity contribution in [3.8, 4) is 5.69 Å². The standard InChI is InChI=1S/C21H24ClN3/c1-16-14-18(15-23-12-13-24-20-6-4-3-5-7-20)17(2)25(16)21-10-8-19(22)9-11-21/h3-11,14,23-24H,12-13,15H2,1-2H3. The number of para-hydroxylation sites is 1. The average molecular weight is 354 g/mol. The molecule has 0 aliphatic carbocycles. The quantitative estimate of drug-likeness (QED) is 0.588. The Hall–Kier alpha value is -2.23. The van der Waals surface area contributed by atoms with Crippen LogP contribution in [0.3, 0.4) is 0 Å². The maximum absolute atomic E-state index is 6.00. The maximum Gasteiger partial charge on any atom is 0.0456 e. The van der Waals surface area contributed by atoms with Crippen LogP contribution in [0.15, 0.2) is 60.7 Å². The zero-order valence-electron chi connectivity index (χ0n) is 14.7. The van der Waals surface area contributed by atoms with Gasteiger partial charge in [0, 0.05) is 47.4 Å². The third-order valence-electron chi connectivity index (χ3n) is 4.34. The second-order valence-corrected chi connectivity index (χ2v) is 6.61. The lowest BCUT2D eigenvalue weighted by Crippen LogP contribution is -2.22. The van der Waals surface area contributed by atoms with Gasteiger partial charge in [0.05, 0.1) is 0 Å². The van der Waals surface area contributed by atoms with Gasteiger partial charge in [0.2, 0.25) is 0 Å². The van der Waals surface area contributed by atoms with E-state index in [2.05, 4.69) is 59.4 Å². The molecule has 0 unspecified atom stereocenters. The predicted molar refractivity (Wildman–Crippen MR) is 107 cm³/mol. The molecular weight excluding hydrogens is 330 g/mol. The van der Waals surface area contributed by atoms with Gasteiger partial charge >= 0.3 is 0 Å².